The third-order valence-corrected chi connectivity index (χ3v) is 5.35. The van der Waals surface area contributed by atoms with E-state index < -0.39 is 0 Å². The first-order valence-electron chi connectivity index (χ1n) is 9.98. The molecule has 10 heteroatoms. The summed E-state index contributed by atoms with van der Waals surface area (Å²) in [4.78, 5) is 17.1. The highest BCUT2D eigenvalue weighted by Crippen LogP contribution is 2.33. The maximum absolute atomic E-state index is 12.7. The molecule has 2 heterocycles. The maximum atomic E-state index is 12.7. The van der Waals surface area contributed by atoms with Gasteiger partial charge in [0.05, 0.1) is 36.2 Å². The summed E-state index contributed by atoms with van der Waals surface area (Å²) in [5, 5.41) is 9.73. The molecule has 0 spiro atoms. The fourth-order valence-electron chi connectivity index (χ4n) is 3.19. The zero-order valence-corrected chi connectivity index (χ0v) is 19.4. The van der Waals surface area contributed by atoms with Gasteiger partial charge in [-0.25, -0.2) is 0 Å². The van der Waals surface area contributed by atoms with Gasteiger partial charge in [0, 0.05) is 44.1 Å². The van der Waals surface area contributed by atoms with Crippen LogP contribution in [0.2, 0.25) is 5.02 Å². The molecule has 1 aromatic carbocycles. The number of pyridine rings is 1. The van der Waals surface area contributed by atoms with Gasteiger partial charge >= 0.3 is 0 Å². The Hall–Kier alpha value is -2.88. The number of para-hydroxylation sites is 1. The van der Waals surface area contributed by atoms with Crippen LogP contribution in [0.5, 0.6) is 11.5 Å². The predicted molar refractivity (Wildman–Crippen MR) is 127 cm³/mol. The van der Waals surface area contributed by atoms with E-state index in [1.165, 1.54) is 7.11 Å². The zero-order chi connectivity index (χ0) is 22.9. The number of anilines is 1. The van der Waals surface area contributed by atoms with Gasteiger partial charge in [-0.05, 0) is 18.2 Å². The molecule has 8 nitrogen and oxygen atoms in total. The SMILES string of the molecule is COCCOc1cnccc1CNC1=C(C(=S)Nc2cccc(Cl)c2OC)C(=O)NCC1. The van der Waals surface area contributed by atoms with Crippen molar-refractivity contribution in [2.45, 2.75) is 13.0 Å². The van der Waals surface area contributed by atoms with Gasteiger partial charge in [0.2, 0.25) is 0 Å². The van der Waals surface area contributed by atoms with Gasteiger partial charge in [0.15, 0.2) is 5.75 Å². The number of aromatic nitrogens is 1. The van der Waals surface area contributed by atoms with Gasteiger partial charge in [0.25, 0.3) is 5.91 Å². The summed E-state index contributed by atoms with van der Waals surface area (Å²) in [6.07, 6.45) is 3.97. The summed E-state index contributed by atoms with van der Waals surface area (Å²) in [5.41, 5.74) is 2.61. The highest BCUT2D eigenvalue weighted by atomic mass is 35.5. The number of carbonyl (C=O) groups excluding carboxylic acids is 1. The molecule has 0 bridgehead atoms. The number of rotatable bonds is 10. The van der Waals surface area contributed by atoms with E-state index in [0.717, 1.165) is 11.3 Å². The summed E-state index contributed by atoms with van der Waals surface area (Å²) < 4.78 is 16.1. The van der Waals surface area contributed by atoms with Crippen LogP contribution in [0.3, 0.4) is 0 Å². The molecule has 3 N–H and O–H groups in total. The van der Waals surface area contributed by atoms with Gasteiger partial charge < -0.3 is 30.2 Å². The number of nitrogens with zero attached hydrogens (tertiary/aromatic N) is 1. The highest BCUT2D eigenvalue weighted by Gasteiger charge is 2.25. The number of amides is 1. The molecule has 0 unspecified atom stereocenters. The quantitative estimate of drug-likeness (QED) is 0.356. The molecule has 0 aliphatic carbocycles. The topological polar surface area (TPSA) is 93.7 Å². The van der Waals surface area contributed by atoms with E-state index in [1.54, 1.807) is 37.7 Å². The molecular weight excluding hydrogens is 452 g/mol. The largest absolute Gasteiger partial charge is 0.493 e. The molecule has 0 radical (unpaired) electrons. The summed E-state index contributed by atoms with van der Waals surface area (Å²) in [5.74, 6) is 0.866. The zero-order valence-electron chi connectivity index (χ0n) is 17.9. The average molecular weight is 477 g/mol. The van der Waals surface area contributed by atoms with Crippen LogP contribution in [0.15, 0.2) is 47.9 Å². The number of thiocarbonyl (C=S) groups is 1. The number of ether oxygens (including phenoxy) is 3. The van der Waals surface area contributed by atoms with E-state index in [4.69, 9.17) is 38.0 Å². The summed E-state index contributed by atoms with van der Waals surface area (Å²) in [6, 6.07) is 7.14. The van der Waals surface area contributed by atoms with Crippen molar-refractivity contribution in [3.8, 4) is 11.5 Å². The fourth-order valence-corrected chi connectivity index (χ4v) is 3.77. The third kappa shape index (κ3) is 5.87. The van der Waals surface area contributed by atoms with Gasteiger partial charge in [-0.2, -0.15) is 0 Å². The number of nitrogens with one attached hydrogen (secondary N) is 3. The van der Waals surface area contributed by atoms with Gasteiger partial charge in [0.1, 0.15) is 17.3 Å². The second-order valence-corrected chi connectivity index (χ2v) is 7.63. The first-order valence-corrected chi connectivity index (χ1v) is 10.8. The normalized spacial score (nSPS) is 13.4. The molecule has 0 saturated carbocycles. The van der Waals surface area contributed by atoms with Crippen LogP contribution >= 0.6 is 23.8 Å². The van der Waals surface area contributed by atoms with Crippen molar-refractivity contribution < 1.29 is 19.0 Å². The number of hydrogen-bond acceptors (Lipinski definition) is 7. The van der Waals surface area contributed by atoms with Crippen LogP contribution in [0.1, 0.15) is 12.0 Å². The molecule has 2 aromatic rings. The molecule has 1 aromatic heterocycles. The molecule has 1 aliphatic heterocycles. The number of benzene rings is 1. The lowest BCUT2D eigenvalue weighted by Gasteiger charge is -2.24. The van der Waals surface area contributed by atoms with E-state index in [0.29, 0.717) is 60.5 Å². The second-order valence-electron chi connectivity index (χ2n) is 6.81. The number of halogens is 1. The van der Waals surface area contributed by atoms with Crippen molar-refractivity contribution in [2.24, 2.45) is 0 Å². The lowest BCUT2D eigenvalue weighted by atomic mass is 10.1. The number of carbonyl (C=O) groups is 1. The molecule has 0 saturated heterocycles. The molecule has 1 aliphatic rings. The molecule has 3 rings (SSSR count). The van der Waals surface area contributed by atoms with Crippen LogP contribution in [0.4, 0.5) is 5.69 Å². The average Bonchev–Trinajstić information content (AvgIpc) is 2.78. The fraction of sp³-hybridized carbons (Fsp3) is 0.318. The van der Waals surface area contributed by atoms with E-state index in [-0.39, 0.29) is 10.9 Å². The highest BCUT2D eigenvalue weighted by molar-refractivity contribution is 7.81. The first kappa shape index (κ1) is 23.8. The molecule has 170 valence electrons. The number of hydrogen-bond donors (Lipinski definition) is 3. The Labute approximate surface area is 197 Å². The predicted octanol–water partition coefficient (Wildman–Crippen LogP) is 3.07. The lowest BCUT2D eigenvalue weighted by molar-refractivity contribution is -0.117. The smallest absolute Gasteiger partial charge is 0.256 e. The second kappa shape index (κ2) is 11.7. The van der Waals surface area contributed by atoms with Crippen LogP contribution in [-0.4, -0.2) is 49.9 Å². The molecular formula is C22H25ClN4O4S. The van der Waals surface area contributed by atoms with Crippen molar-refractivity contribution in [3.63, 3.8) is 0 Å². The number of methoxy groups -OCH3 is 2. The Morgan fingerprint density at radius 2 is 2.12 bits per heavy atom. The van der Waals surface area contributed by atoms with E-state index in [1.807, 2.05) is 6.07 Å². The van der Waals surface area contributed by atoms with Crippen LogP contribution < -0.4 is 25.4 Å². The van der Waals surface area contributed by atoms with Crippen molar-refractivity contribution in [1.29, 1.82) is 0 Å². The maximum Gasteiger partial charge on any atom is 0.256 e. The van der Waals surface area contributed by atoms with E-state index in [2.05, 4.69) is 20.9 Å². The summed E-state index contributed by atoms with van der Waals surface area (Å²) >= 11 is 11.8. The van der Waals surface area contributed by atoms with Gasteiger partial charge in [-0.15, -0.1) is 0 Å². The van der Waals surface area contributed by atoms with Crippen molar-refractivity contribution in [3.05, 3.63) is 58.5 Å². The van der Waals surface area contributed by atoms with Gasteiger partial charge in [-0.1, -0.05) is 29.9 Å². The monoisotopic (exact) mass is 476 g/mol. The van der Waals surface area contributed by atoms with Crippen LogP contribution in [-0.2, 0) is 16.1 Å². The standard InChI is InChI=1S/C22H25ClN4O4S/c1-29-10-11-31-18-13-24-8-6-14(18)12-26-16-7-9-25-21(28)19(16)22(32)27-17-5-3-4-15(23)20(17)30-2/h3-6,8,13,26H,7,9-12H2,1-2H3,(H,25,28)(H,27,32). The minimum atomic E-state index is -0.247. The molecule has 0 atom stereocenters. The first-order chi connectivity index (χ1) is 15.5. The Bertz CT molecular complexity index is 1020. The Morgan fingerprint density at radius 1 is 1.28 bits per heavy atom. The van der Waals surface area contributed by atoms with Crippen molar-refractivity contribution >= 4 is 40.4 Å². The summed E-state index contributed by atoms with van der Waals surface area (Å²) in [7, 11) is 3.14. The Kier molecular flexibility index (Phi) is 8.66. The molecule has 0 fully saturated rings. The van der Waals surface area contributed by atoms with E-state index >= 15 is 0 Å². The van der Waals surface area contributed by atoms with Crippen molar-refractivity contribution in [1.82, 2.24) is 15.6 Å². The Morgan fingerprint density at radius 3 is 2.91 bits per heavy atom. The third-order valence-electron chi connectivity index (χ3n) is 4.74. The van der Waals surface area contributed by atoms with Gasteiger partial charge in [-0.3, -0.25) is 9.78 Å². The molecule has 32 heavy (non-hydrogen) atoms. The minimum Gasteiger partial charge on any atom is -0.493 e. The molecule has 1 amide bonds. The lowest BCUT2D eigenvalue weighted by Crippen LogP contribution is -2.39. The van der Waals surface area contributed by atoms with Crippen molar-refractivity contribution in [2.75, 3.05) is 39.3 Å². The minimum absolute atomic E-state index is 0.247. The Balaban J connectivity index is 1.79. The van der Waals surface area contributed by atoms with Crippen LogP contribution in [0.25, 0.3) is 0 Å². The van der Waals surface area contributed by atoms with E-state index in [9.17, 15) is 4.79 Å². The van der Waals surface area contributed by atoms with Crippen LogP contribution in [0, 0.1) is 0 Å². The summed E-state index contributed by atoms with van der Waals surface area (Å²) in [6.45, 7) is 1.85.